The Morgan fingerprint density at radius 2 is 1.95 bits per heavy atom. The van der Waals surface area contributed by atoms with E-state index < -0.39 is 5.97 Å². The number of esters is 1. The van der Waals surface area contributed by atoms with Crippen molar-refractivity contribution < 1.29 is 14.3 Å². The largest absolute Gasteiger partial charge is 0.466 e. The highest BCUT2D eigenvalue weighted by Gasteiger charge is 2.14. The lowest BCUT2D eigenvalue weighted by molar-refractivity contribution is -0.134. The summed E-state index contributed by atoms with van der Waals surface area (Å²) >= 11 is 6.82. The molecule has 2 aromatic heterocycles. The molecule has 4 aromatic rings. The van der Waals surface area contributed by atoms with Crippen LogP contribution in [-0.2, 0) is 27.9 Å². The van der Waals surface area contributed by atoms with Crippen molar-refractivity contribution in [2.24, 2.45) is 13.0 Å². The van der Waals surface area contributed by atoms with Crippen molar-refractivity contribution in [2.75, 3.05) is 19.1 Å². The summed E-state index contributed by atoms with van der Waals surface area (Å²) in [4.78, 5) is 27.9. The number of hydrogen-bond donors (Lipinski definition) is 0. The minimum atomic E-state index is -0.402. The van der Waals surface area contributed by atoms with Crippen LogP contribution in [0.2, 0.25) is 5.02 Å². The summed E-state index contributed by atoms with van der Waals surface area (Å²) in [5.74, 6) is 0.00406. The molecule has 8 heteroatoms. The fraction of sp³-hybridized carbons (Fsp3) is 0.333. The van der Waals surface area contributed by atoms with Gasteiger partial charge in [0, 0.05) is 49.6 Å². The Balaban J connectivity index is 0.000000360. The number of methoxy groups -OCH3 is 1. The lowest BCUT2D eigenvalue weighted by atomic mass is 9.91. The van der Waals surface area contributed by atoms with Crippen molar-refractivity contribution in [3.63, 3.8) is 0 Å². The summed E-state index contributed by atoms with van der Waals surface area (Å²) in [6, 6.07) is 10.3. The zero-order valence-electron chi connectivity index (χ0n) is 22.1. The lowest BCUT2D eigenvalue weighted by Crippen LogP contribution is -2.17. The molecule has 7 nitrogen and oxygen atoms in total. The van der Waals surface area contributed by atoms with E-state index in [1.165, 1.54) is 32.4 Å². The summed E-state index contributed by atoms with van der Waals surface area (Å²) in [6.45, 7) is 0.645. The first kappa shape index (κ1) is 27.3. The van der Waals surface area contributed by atoms with Gasteiger partial charge in [0.2, 0.25) is 0 Å². The van der Waals surface area contributed by atoms with E-state index in [1.807, 2.05) is 32.4 Å². The van der Waals surface area contributed by atoms with Crippen molar-refractivity contribution in [2.45, 2.75) is 38.6 Å². The number of rotatable bonds is 6. The number of aromatic nitrogens is 3. The van der Waals surface area contributed by atoms with Crippen LogP contribution in [0.25, 0.3) is 27.8 Å². The van der Waals surface area contributed by atoms with Gasteiger partial charge in [0.1, 0.15) is 6.29 Å². The molecule has 0 saturated heterocycles. The number of carbonyl (C=O) groups is 2. The third-order valence-electron chi connectivity index (χ3n) is 6.94. The third-order valence-corrected chi connectivity index (χ3v) is 7.31. The van der Waals surface area contributed by atoms with E-state index in [1.54, 1.807) is 23.2 Å². The number of carbonyl (C=O) groups excluding carboxylic acids is 2. The highest BCUT2D eigenvalue weighted by atomic mass is 35.5. The number of aldehydes is 1. The van der Waals surface area contributed by atoms with Gasteiger partial charge in [0.25, 0.3) is 0 Å². The maximum atomic E-state index is 11.3. The predicted molar refractivity (Wildman–Crippen MR) is 153 cm³/mol. The normalized spacial score (nSPS) is 13.9. The van der Waals surface area contributed by atoms with E-state index in [0.717, 1.165) is 57.6 Å². The molecular weight excluding hydrogens is 500 g/mol. The van der Waals surface area contributed by atoms with Crippen molar-refractivity contribution in [3.8, 4) is 0 Å². The Kier molecular flexibility index (Phi) is 9.13. The van der Waals surface area contributed by atoms with E-state index in [-0.39, 0.29) is 0 Å². The maximum absolute atomic E-state index is 11.3. The van der Waals surface area contributed by atoms with E-state index in [2.05, 4.69) is 37.9 Å². The number of ether oxygens (including phenoxy) is 1. The molecule has 38 heavy (non-hydrogen) atoms. The third kappa shape index (κ3) is 6.40. The van der Waals surface area contributed by atoms with Crippen LogP contribution in [0.3, 0.4) is 0 Å². The number of aryl methyl sites for hydroxylation is 1. The Bertz CT molecular complexity index is 1460. The number of fused-ring (bicyclic) bond motifs is 2. The Morgan fingerprint density at radius 1 is 1.16 bits per heavy atom. The zero-order chi connectivity index (χ0) is 27.1. The summed E-state index contributed by atoms with van der Waals surface area (Å²) < 4.78 is 6.44. The van der Waals surface area contributed by atoms with Crippen LogP contribution >= 0.6 is 11.6 Å². The monoisotopic (exact) mass is 532 g/mol. The van der Waals surface area contributed by atoms with Gasteiger partial charge in [-0.15, -0.1) is 0 Å². The first-order valence-electron chi connectivity index (χ1n) is 12.8. The van der Waals surface area contributed by atoms with E-state index in [4.69, 9.17) is 11.6 Å². The maximum Gasteiger partial charge on any atom is 0.330 e. The van der Waals surface area contributed by atoms with Crippen LogP contribution in [0.4, 0.5) is 5.69 Å². The molecule has 2 aromatic carbocycles. The second-order valence-corrected chi connectivity index (χ2v) is 10.0. The number of hydrogen-bond acceptors (Lipinski definition) is 6. The summed E-state index contributed by atoms with van der Waals surface area (Å²) in [6.07, 6.45) is 15.7. The molecule has 0 N–H and O–H groups in total. The molecule has 1 aliphatic carbocycles. The van der Waals surface area contributed by atoms with Crippen LogP contribution in [0.5, 0.6) is 0 Å². The highest BCUT2D eigenvalue weighted by Crippen LogP contribution is 2.35. The fourth-order valence-corrected chi connectivity index (χ4v) is 5.31. The van der Waals surface area contributed by atoms with Gasteiger partial charge < -0.3 is 14.4 Å². The van der Waals surface area contributed by atoms with Crippen LogP contribution < -0.4 is 4.90 Å². The molecule has 0 bridgehead atoms. The highest BCUT2D eigenvalue weighted by molar-refractivity contribution is 6.40. The van der Waals surface area contributed by atoms with Crippen LogP contribution in [0.1, 0.15) is 43.2 Å². The SMILES string of the molecule is COC(=O)/C=C/c1cncc(N(C)Cc2cccc3cc4cnn(C)c4c(Cl)c23)c1.O=CC1CCCCC1. The average molecular weight is 533 g/mol. The number of anilines is 1. The molecular formula is C30H33ClN4O3. The number of pyridine rings is 1. The Hall–Kier alpha value is -3.71. The number of benzene rings is 2. The van der Waals surface area contributed by atoms with E-state index >= 15 is 0 Å². The number of halogens is 1. The smallest absolute Gasteiger partial charge is 0.330 e. The average Bonchev–Trinajstić information content (AvgIpc) is 3.33. The molecule has 0 amide bonds. The van der Waals surface area contributed by atoms with Crippen molar-refractivity contribution in [1.29, 1.82) is 0 Å². The number of nitrogens with zero attached hydrogens (tertiary/aromatic N) is 4. The molecule has 0 spiro atoms. The molecule has 1 fully saturated rings. The van der Waals surface area contributed by atoms with Crippen LogP contribution in [-0.4, -0.2) is 41.2 Å². The second kappa shape index (κ2) is 12.7. The second-order valence-electron chi connectivity index (χ2n) is 9.64. The lowest BCUT2D eigenvalue weighted by Gasteiger charge is -2.21. The van der Waals surface area contributed by atoms with Gasteiger partial charge in [-0.1, -0.05) is 49.1 Å². The first-order valence-corrected chi connectivity index (χ1v) is 13.2. The topological polar surface area (TPSA) is 77.3 Å². The van der Waals surface area contributed by atoms with Crippen molar-refractivity contribution in [1.82, 2.24) is 14.8 Å². The quantitative estimate of drug-likeness (QED) is 0.163. The minimum Gasteiger partial charge on any atom is -0.466 e. The summed E-state index contributed by atoms with van der Waals surface area (Å²) in [5, 5.41) is 8.18. The molecule has 1 saturated carbocycles. The minimum absolute atomic E-state index is 0.402. The molecule has 0 aliphatic heterocycles. The van der Waals surface area contributed by atoms with Gasteiger partial charge in [-0.05, 0) is 47.6 Å². The Morgan fingerprint density at radius 3 is 2.66 bits per heavy atom. The summed E-state index contributed by atoms with van der Waals surface area (Å²) in [7, 11) is 5.25. The van der Waals surface area contributed by atoms with E-state index in [9.17, 15) is 9.59 Å². The molecule has 2 heterocycles. The molecule has 198 valence electrons. The van der Waals surface area contributed by atoms with Crippen molar-refractivity contribution in [3.05, 3.63) is 71.1 Å². The van der Waals surface area contributed by atoms with Gasteiger partial charge in [-0.25, -0.2) is 4.79 Å². The van der Waals surface area contributed by atoms with Crippen LogP contribution in [0.15, 0.2) is 55.0 Å². The van der Waals surface area contributed by atoms with Crippen LogP contribution in [0, 0.1) is 5.92 Å². The zero-order valence-corrected chi connectivity index (χ0v) is 22.8. The predicted octanol–water partition coefficient (Wildman–Crippen LogP) is 6.36. The molecule has 0 atom stereocenters. The molecule has 5 rings (SSSR count). The van der Waals surface area contributed by atoms with Gasteiger partial charge in [0.05, 0.1) is 35.7 Å². The van der Waals surface area contributed by atoms with Gasteiger partial charge in [-0.2, -0.15) is 5.10 Å². The van der Waals surface area contributed by atoms with Gasteiger partial charge in [-0.3, -0.25) is 9.67 Å². The van der Waals surface area contributed by atoms with Gasteiger partial charge >= 0.3 is 5.97 Å². The van der Waals surface area contributed by atoms with Crippen molar-refractivity contribution >= 4 is 57.3 Å². The standard InChI is InChI=1S/C23H21ClN4O2.C7H12O/c1-27(19-9-15(11-25-13-19)7-8-20(29)30-3)14-17-6-4-5-16-10-18-12-26-28(2)23(18)22(24)21(16)17;8-6-7-4-2-1-3-5-7/h4-13H,14H2,1-3H3;6-7H,1-5H2/b8-7+;. The molecule has 0 unspecified atom stereocenters. The van der Waals surface area contributed by atoms with Gasteiger partial charge in [0.15, 0.2) is 0 Å². The summed E-state index contributed by atoms with van der Waals surface area (Å²) in [5.41, 5.74) is 3.78. The van der Waals surface area contributed by atoms with E-state index in [0.29, 0.717) is 17.5 Å². The molecule has 0 radical (unpaired) electrons. The Labute approximate surface area is 228 Å². The first-order chi connectivity index (χ1) is 18.4. The fourth-order valence-electron chi connectivity index (χ4n) is 4.85. The molecule has 1 aliphatic rings.